The molecule has 1 aromatic rings. The van der Waals surface area contributed by atoms with Crippen LogP contribution in [0.15, 0.2) is 12.1 Å². The van der Waals surface area contributed by atoms with Gasteiger partial charge in [-0.3, -0.25) is 5.32 Å². The van der Waals surface area contributed by atoms with Gasteiger partial charge in [-0.25, -0.2) is 14.0 Å². The number of methoxy groups -OCH3 is 1. The predicted octanol–water partition coefficient (Wildman–Crippen LogP) is 2.66. The third-order valence-corrected chi connectivity index (χ3v) is 2.15. The Balaban J connectivity index is 3.06. The fraction of sp³-hybridized carbons (Fsp3) is 0.385. The van der Waals surface area contributed by atoms with E-state index in [1.807, 2.05) is 0 Å². The Morgan fingerprint density at radius 2 is 1.90 bits per heavy atom. The van der Waals surface area contributed by atoms with Crippen LogP contribution in [0.2, 0.25) is 0 Å². The number of rotatable bonds is 2. The number of anilines is 1. The average Bonchev–Trinajstić information content (AvgIpc) is 2.31. The maximum atomic E-state index is 14.0. The third kappa shape index (κ3) is 3.84. The van der Waals surface area contributed by atoms with E-state index in [-0.39, 0.29) is 0 Å². The lowest BCUT2D eigenvalue weighted by Crippen LogP contribution is -2.27. The van der Waals surface area contributed by atoms with Crippen LogP contribution in [0.5, 0.6) is 5.75 Å². The fourth-order valence-electron chi connectivity index (χ4n) is 1.36. The van der Waals surface area contributed by atoms with Gasteiger partial charge in [-0.15, -0.1) is 0 Å². The van der Waals surface area contributed by atoms with E-state index in [4.69, 9.17) is 4.74 Å². The first-order chi connectivity index (χ1) is 9.15. The Labute approximate surface area is 115 Å². The van der Waals surface area contributed by atoms with Crippen molar-refractivity contribution in [3.05, 3.63) is 23.5 Å². The zero-order valence-electron chi connectivity index (χ0n) is 11.6. The summed E-state index contributed by atoms with van der Waals surface area (Å²) in [5.41, 5.74) is -1.73. The van der Waals surface area contributed by atoms with Crippen LogP contribution in [0.25, 0.3) is 0 Å². The van der Waals surface area contributed by atoms with Crippen molar-refractivity contribution in [2.75, 3.05) is 12.4 Å². The highest BCUT2D eigenvalue weighted by Gasteiger charge is 2.23. The summed E-state index contributed by atoms with van der Waals surface area (Å²) in [6, 6.07) is 2.12. The number of phenolic OH excluding ortho intramolecular Hbond substituents is 1. The molecular formula is C13H16FNO5. The molecule has 20 heavy (non-hydrogen) atoms. The Morgan fingerprint density at radius 3 is 2.40 bits per heavy atom. The summed E-state index contributed by atoms with van der Waals surface area (Å²) in [6.45, 7) is 4.90. The van der Waals surface area contributed by atoms with E-state index in [0.717, 1.165) is 19.2 Å². The van der Waals surface area contributed by atoms with E-state index < -0.39 is 40.5 Å². The van der Waals surface area contributed by atoms with Crippen molar-refractivity contribution in [1.29, 1.82) is 0 Å². The molecule has 0 bridgehead atoms. The molecule has 0 fully saturated rings. The maximum absolute atomic E-state index is 14.0. The second-order valence-electron chi connectivity index (χ2n) is 4.94. The molecule has 0 atom stereocenters. The quantitative estimate of drug-likeness (QED) is 0.644. The van der Waals surface area contributed by atoms with Crippen molar-refractivity contribution in [1.82, 2.24) is 0 Å². The molecule has 0 spiro atoms. The molecule has 7 heteroatoms. The predicted molar refractivity (Wildman–Crippen MR) is 69.3 cm³/mol. The van der Waals surface area contributed by atoms with E-state index >= 15 is 0 Å². The highest BCUT2D eigenvalue weighted by atomic mass is 19.1. The first-order valence-corrected chi connectivity index (χ1v) is 5.75. The van der Waals surface area contributed by atoms with Gasteiger partial charge in [0.1, 0.15) is 17.0 Å². The Bertz CT molecular complexity index is 536. The maximum Gasteiger partial charge on any atom is 0.412 e. The van der Waals surface area contributed by atoms with Crippen LogP contribution in [-0.4, -0.2) is 29.9 Å². The normalized spacial score (nSPS) is 10.8. The molecule has 0 unspecified atom stereocenters. The number of aromatic hydroxyl groups is 1. The molecule has 0 saturated carbocycles. The van der Waals surface area contributed by atoms with E-state index in [2.05, 4.69) is 10.1 Å². The number of esters is 1. The summed E-state index contributed by atoms with van der Waals surface area (Å²) >= 11 is 0. The van der Waals surface area contributed by atoms with E-state index in [9.17, 15) is 19.1 Å². The highest BCUT2D eigenvalue weighted by Crippen LogP contribution is 2.29. The number of benzene rings is 1. The standard InChI is InChI=1S/C13H16FNO5/c1-13(2,3)20-12(18)15-10-8(16)6-5-7(9(10)14)11(17)19-4/h5-6,16H,1-4H3,(H,15,18). The summed E-state index contributed by atoms with van der Waals surface area (Å²) in [6.07, 6.45) is -0.950. The van der Waals surface area contributed by atoms with Gasteiger partial charge in [0, 0.05) is 0 Å². The Morgan fingerprint density at radius 1 is 1.30 bits per heavy atom. The minimum absolute atomic E-state index is 0.406. The minimum atomic E-state index is -1.09. The van der Waals surface area contributed by atoms with E-state index in [1.54, 1.807) is 20.8 Å². The molecule has 0 aromatic heterocycles. The number of carbonyl (C=O) groups excluding carboxylic acids is 2. The van der Waals surface area contributed by atoms with Crippen molar-refractivity contribution in [2.45, 2.75) is 26.4 Å². The van der Waals surface area contributed by atoms with Crippen LogP contribution in [0, 0.1) is 5.82 Å². The van der Waals surface area contributed by atoms with Crippen LogP contribution < -0.4 is 5.32 Å². The van der Waals surface area contributed by atoms with Crippen molar-refractivity contribution >= 4 is 17.7 Å². The number of hydrogen-bond donors (Lipinski definition) is 2. The van der Waals surface area contributed by atoms with Gasteiger partial charge >= 0.3 is 12.1 Å². The van der Waals surface area contributed by atoms with Crippen LogP contribution in [0.3, 0.4) is 0 Å². The lowest BCUT2D eigenvalue weighted by Gasteiger charge is -2.20. The van der Waals surface area contributed by atoms with Crippen molar-refractivity contribution in [3.63, 3.8) is 0 Å². The van der Waals surface area contributed by atoms with Crippen LogP contribution in [0.1, 0.15) is 31.1 Å². The van der Waals surface area contributed by atoms with Gasteiger partial charge in [-0.2, -0.15) is 0 Å². The molecule has 2 N–H and O–H groups in total. The number of halogens is 1. The minimum Gasteiger partial charge on any atom is -0.506 e. The van der Waals surface area contributed by atoms with Gasteiger partial charge in [0.2, 0.25) is 0 Å². The molecule has 0 radical (unpaired) electrons. The highest BCUT2D eigenvalue weighted by molar-refractivity contribution is 5.94. The lowest BCUT2D eigenvalue weighted by atomic mass is 10.1. The average molecular weight is 285 g/mol. The lowest BCUT2D eigenvalue weighted by molar-refractivity contribution is 0.0590. The zero-order valence-corrected chi connectivity index (χ0v) is 11.6. The van der Waals surface area contributed by atoms with Gasteiger partial charge in [0.25, 0.3) is 0 Å². The summed E-state index contributed by atoms with van der Waals surface area (Å²) < 4.78 is 23.4. The number of carbonyl (C=O) groups is 2. The first kappa shape index (κ1) is 15.7. The van der Waals surface area contributed by atoms with E-state index in [0.29, 0.717) is 0 Å². The fourth-order valence-corrected chi connectivity index (χ4v) is 1.36. The van der Waals surface area contributed by atoms with Crippen LogP contribution in [-0.2, 0) is 9.47 Å². The van der Waals surface area contributed by atoms with E-state index in [1.165, 1.54) is 0 Å². The van der Waals surface area contributed by atoms with Crippen molar-refractivity contribution < 1.29 is 28.6 Å². The molecule has 110 valence electrons. The second-order valence-corrected chi connectivity index (χ2v) is 4.94. The summed E-state index contributed by atoms with van der Waals surface area (Å²) in [7, 11) is 1.09. The van der Waals surface area contributed by atoms with Crippen LogP contribution in [0.4, 0.5) is 14.9 Å². The molecule has 1 aromatic carbocycles. The molecule has 0 aliphatic carbocycles. The van der Waals surface area contributed by atoms with Gasteiger partial charge in [-0.05, 0) is 32.9 Å². The Hall–Kier alpha value is -2.31. The molecule has 0 heterocycles. The number of ether oxygens (including phenoxy) is 2. The summed E-state index contributed by atoms with van der Waals surface area (Å²) in [5.74, 6) is -2.54. The molecule has 0 aliphatic rings. The topological polar surface area (TPSA) is 84.9 Å². The summed E-state index contributed by atoms with van der Waals surface area (Å²) in [4.78, 5) is 22.9. The van der Waals surface area contributed by atoms with Gasteiger partial charge < -0.3 is 14.6 Å². The van der Waals surface area contributed by atoms with Crippen molar-refractivity contribution in [2.24, 2.45) is 0 Å². The molecule has 1 amide bonds. The monoisotopic (exact) mass is 285 g/mol. The first-order valence-electron chi connectivity index (χ1n) is 5.75. The van der Waals surface area contributed by atoms with Crippen molar-refractivity contribution in [3.8, 4) is 5.75 Å². The number of amides is 1. The SMILES string of the molecule is COC(=O)c1ccc(O)c(NC(=O)OC(C)(C)C)c1F. The third-order valence-electron chi connectivity index (χ3n) is 2.15. The van der Waals surface area contributed by atoms with Gasteiger partial charge in [-0.1, -0.05) is 0 Å². The molecule has 0 saturated heterocycles. The smallest absolute Gasteiger partial charge is 0.412 e. The molecule has 6 nitrogen and oxygen atoms in total. The summed E-state index contributed by atoms with van der Waals surface area (Å²) in [5, 5.41) is 11.6. The molecule has 1 rings (SSSR count). The largest absolute Gasteiger partial charge is 0.506 e. The zero-order chi connectivity index (χ0) is 15.5. The van der Waals surface area contributed by atoms with Gasteiger partial charge in [0.05, 0.1) is 12.7 Å². The van der Waals surface area contributed by atoms with Gasteiger partial charge in [0.15, 0.2) is 5.82 Å². The van der Waals surface area contributed by atoms with Crippen LogP contribution >= 0.6 is 0 Å². The molecule has 0 aliphatic heterocycles. The second kappa shape index (κ2) is 5.77. The Kier molecular flexibility index (Phi) is 4.54. The number of phenols is 1. The molecular weight excluding hydrogens is 269 g/mol. The number of nitrogens with one attached hydrogen (secondary N) is 1. The number of hydrogen-bond acceptors (Lipinski definition) is 5.